The Morgan fingerprint density at radius 1 is 0.953 bits per heavy atom. The molecule has 2 amide bonds. The Labute approximate surface area is 248 Å². The number of aliphatic hydroxyl groups is 1. The lowest BCUT2D eigenvalue weighted by atomic mass is 10.1. The molecule has 2 heterocycles. The molecule has 1 saturated heterocycles. The molecule has 4 rings (SSSR count). The minimum Gasteiger partial charge on any atom is -0.481 e. The fourth-order valence-corrected chi connectivity index (χ4v) is 4.44. The monoisotopic (exact) mass is 591 g/mol. The van der Waals surface area contributed by atoms with Gasteiger partial charge in [-0.2, -0.15) is 0 Å². The molecule has 43 heavy (non-hydrogen) atoms. The van der Waals surface area contributed by atoms with Crippen LogP contribution in [0.2, 0.25) is 0 Å². The van der Waals surface area contributed by atoms with Crippen LogP contribution in [-0.4, -0.2) is 92.9 Å². The Bertz CT molecular complexity index is 1430. The number of benzene rings is 2. The summed E-state index contributed by atoms with van der Waals surface area (Å²) >= 11 is 0. The number of carbonyl (C=O) groups is 4. The van der Waals surface area contributed by atoms with Gasteiger partial charge in [0.15, 0.2) is 5.82 Å². The van der Waals surface area contributed by atoms with Crippen LogP contribution in [0.25, 0.3) is 22.6 Å². The van der Waals surface area contributed by atoms with Crippen molar-refractivity contribution in [3.63, 3.8) is 0 Å². The average molecular weight is 592 g/mol. The molecule has 1 aliphatic rings. The molecule has 0 radical (unpaired) electrons. The molecule has 13 heteroatoms. The third-order valence-electron chi connectivity index (χ3n) is 6.69. The number of amides is 2. The Morgan fingerprint density at radius 3 is 2.28 bits per heavy atom. The molecular weight excluding hydrogens is 558 g/mol. The van der Waals surface area contributed by atoms with Crippen LogP contribution in [-0.2, 0) is 25.8 Å². The topological polar surface area (TPSA) is 171 Å². The number of carboxylic acid groups (broad SMARTS) is 1. The molecule has 3 aromatic rings. The van der Waals surface area contributed by atoms with E-state index in [2.05, 4.69) is 15.3 Å². The Morgan fingerprint density at radius 2 is 1.65 bits per heavy atom. The standard InChI is InChI=1S/C30H33N5O8/c1-2-42-30(41)43-35-16-14-34(15-17-35)29(40)23(12-13-26(37)38)33-28(39)25-18-24(21-10-8-20(19-36)9-11-21)31-27(32-25)22-6-4-3-5-7-22/h3-11,18,23,36H,2,12-17,19H2,1H3,(H,33,39)(H,37,38)/t23-/m0/s1. The van der Waals surface area contributed by atoms with Gasteiger partial charge in [0, 0.05) is 30.6 Å². The second-order valence-corrected chi connectivity index (χ2v) is 9.67. The van der Waals surface area contributed by atoms with Crippen molar-refractivity contribution in [3.8, 4) is 22.6 Å². The molecule has 1 atom stereocenters. The van der Waals surface area contributed by atoms with Gasteiger partial charge in [-0.3, -0.25) is 14.4 Å². The van der Waals surface area contributed by atoms with Gasteiger partial charge in [-0.15, -0.1) is 5.06 Å². The summed E-state index contributed by atoms with van der Waals surface area (Å²) in [6.07, 6.45) is -1.31. The number of carboxylic acids is 1. The third-order valence-corrected chi connectivity index (χ3v) is 6.69. The van der Waals surface area contributed by atoms with Crippen molar-refractivity contribution in [2.45, 2.75) is 32.4 Å². The summed E-state index contributed by atoms with van der Waals surface area (Å²) in [5.41, 5.74) is 2.52. The number of nitrogens with zero attached hydrogens (tertiary/aromatic N) is 4. The Balaban J connectivity index is 1.56. The van der Waals surface area contributed by atoms with Gasteiger partial charge in [-0.05, 0) is 25.0 Å². The predicted octanol–water partition coefficient (Wildman–Crippen LogP) is 2.50. The van der Waals surface area contributed by atoms with E-state index in [1.807, 2.05) is 18.2 Å². The van der Waals surface area contributed by atoms with E-state index in [0.29, 0.717) is 28.2 Å². The van der Waals surface area contributed by atoms with Crippen LogP contribution in [0, 0.1) is 0 Å². The molecular formula is C30H33N5O8. The lowest BCUT2D eigenvalue weighted by molar-refractivity contribution is -0.157. The zero-order chi connectivity index (χ0) is 30.8. The van der Waals surface area contributed by atoms with Gasteiger partial charge in [0.25, 0.3) is 5.91 Å². The molecule has 0 saturated carbocycles. The van der Waals surface area contributed by atoms with Crippen molar-refractivity contribution in [2.75, 3.05) is 32.8 Å². The number of piperazine rings is 1. The van der Waals surface area contributed by atoms with Crippen LogP contribution >= 0.6 is 0 Å². The number of ether oxygens (including phenoxy) is 1. The van der Waals surface area contributed by atoms with E-state index in [4.69, 9.17) is 9.57 Å². The molecule has 0 spiro atoms. The lowest BCUT2D eigenvalue weighted by Gasteiger charge is -2.35. The van der Waals surface area contributed by atoms with Crippen molar-refractivity contribution in [2.24, 2.45) is 0 Å². The van der Waals surface area contributed by atoms with Crippen LogP contribution in [0.15, 0.2) is 60.7 Å². The highest BCUT2D eigenvalue weighted by atomic mass is 16.8. The first-order valence-corrected chi connectivity index (χ1v) is 13.8. The second-order valence-electron chi connectivity index (χ2n) is 9.67. The fraction of sp³-hybridized carbons (Fsp3) is 0.333. The quantitative estimate of drug-likeness (QED) is 0.280. The SMILES string of the molecule is CCOC(=O)ON1CCN(C(=O)[C@H](CCC(=O)O)NC(=O)c2cc(-c3ccc(CO)cc3)nc(-c3ccccc3)n2)CC1. The van der Waals surface area contributed by atoms with Crippen molar-refractivity contribution in [3.05, 3.63) is 71.9 Å². The number of hydrogen-bond acceptors (Lipinski definition) is 10. The highest BCUT2D eigenvalue weighted by molar-refractivity contribution is 5.97. The number of rotatable bonds is 11. The van der Waals surface area contributed by atoms with Crippen LogP contribution < -0.4 is 5.32 Å². The maximum Gasteiger partial charge on any atom is 0.527 e. The van der Waals surface area contributed by atoms with E-state index in [0.717, 1.165) is 0 Å². The average Bonchev–Trinajstić information content (AvgIpc) is 3.03. The first-order chi connectivity index (χ1) is 20.8. The van der Waals surface area contributed by atoms with E-state index in [-0.39, 0.29) is 57.9 Å². The number of carbonyl (C=O) groups excluding carboxylic acids is 3. The minimum absolute atomic E-state index is 0.00383. The predicted molar refractivity (Wildman–Crippen MR) is 153 cm³/mol. The summed E-state index contributed by atoms with van der Waals surface area (Å²) in [7, 11) is 0. The normalized spacial score (nSPS) is 14.0. The van der Waals surface area contributed by atoms with Crippen molar-refractivity contribution in [1.29, 1.82) is 0 Å². The number of nitrogens with one attached hydrogen (secondary N) is 1. The summed E-state index contributed by atoms with van der Waals surface area (Å²) in [6.45, 7) is 2.52. The summed E-state index contributed by atoms with van der Waals surface area (Å²) < 4.78 is 4.77. The van der Waals surface area contributed by atoms with Crippen LogP contribution in [0.1, 0.15) is 35.8 Å². The van der Waals surface area contributed by atoms with Gasteiger partial charge in [0.2, 0.25) is 5.91 Å². The molecule has 1 aliphatic heterocycles. The van der Waals surface area contributed by atoms with Gasteiger partial charge >= 0.3 is 12.1 Å². The van der Waals surface area contributed by atoms with Crippen LogP contribution in [0.3, 0.4) is 0 Å². The molecule has 1 fully saturated rings. The molecule has 0 unspecified atom stereocenters. The van der Waals surface area contributed by atoms with E-state index < -0.39 is 30.0 Å². The molecule has 3 N–H and O–H groups in total. The van der Waals surface area contributed by atoms with Crippen LogP contribution in [0.4, 0.5) is 4.79 Å². The minimum atomic E-state index is -1.14. The fourth-order valence-electron chi connectivity index (χ4n) is 4.44. The number of aromatic nitrogens is 2. The highest BCUT2D eigenvalue weighted by Crippen LogP contribution is 2.23. The first kappa shape index (κ1) is 31.1. The lowest BCUT2D eigenvalue weighted by Crippen LogP contribution is -2.55. The van der Waals surface area contributed by atoms with Gasteiger partial charge in [0.05, 0.1) is 32.0 Å². The molecule has 1 aromatic heterocycles. The Kier molecular flexibility index (Phi) is 10.7. The number of aliphatic hydroxyl groups excluding tert-OH is 1. The first-order valence-electron chi connectivity index (χ1n) is 13.8. The summed E-state index contributed by atoms with van der Waals surface area (Å²) in [6, 6.07) is 16.5. The number of hydroxylamine groups is 2. The van der Waals surface area contributed by atoms with Crippen molar-refractivity contribution < 1.29 is 39.0 Å². The van der Waals surface area contributed by atoms with Gasteiger partial charge in [-0.25, -0.2) is 14.8 Å². The molecule has 2 aromatic carbocycles. The number of aliphatic carboxylic acids is 1. The van der Waals surface area contributed by atoms with E-state index in [1.54, 1.807) is 43.3 Å². The van der Waals surface area contributed by atoms with Gasteiger partial charge < -0.3 is 30.0 Å². The maximum absolute atomic E-state index is 13.6. The van der Waals surface area contributed by atoms with Gasteiger partial charge in [0.1, 0.15) is 11.7 Å². The van der Waals surface area contributed by atoms with Crippen LogP contribution in [0.5, 0.6) is 0 Å². The van der Waals surface area contributed by atoms with Crippen molar-refractivity contribution >= 4 is 23.9 Å². The molecule has 226 valence electrons. The molecule has 0 aliphatic carbocycles. The smallest absolute Gasteiger partial charge is 0.481 e. The van der Waals surface area contributed by atoms with E-state index in [1.165, 1.54) is 16.0 Å². The summed E-state index contributed by atoms with van der Waals surface area (Å²) in [5, 5.41) is 22.8. The maximum atomic E-state index is 13.6. The highest BCUT2D eigenvalue weighted by Gasteiger charge is 2.31. The second kappa shape index (κ2) is 14.8. The van der Waals surface area contributed by atoms with Gasteiger partial charge in [-0.1, -0.05) is 54.6 Å². The largest absolute Gasteiger partial charge is 0.527 e. The summed E-state index contributed by atoms with van der Waals surface area (Å²) in [5.74, 6) is -1.94. The van der Waals surface area contributed by atoms with E-state index >= 15 is 0 Å². The Hall–Kier alpha value is -4.88. The number of hydrogen-bond donors (Lipinski definition) is 3. The molecule has 13 nitrogen and oxygen atoms in total. The summed E-state index contributed by atoms with van der Waals surface area (Å²) in [4.78, 5) is 65.7. The zero-order valence-electron chi connectivity index (χ0n) is 23.6. The third kappa shape index (κ3) is 8.56. The zero-order valence-corrected chi connectivity index (χ0v) is 23.6. The molecule has 0 bridgehead atoms. The van der Waals surface area contributed by atoms with Crippen molar-refractivity contribution in [1.82, 2.24) is 25.2 Å². The van der Waals surface area contributed by atoms with E-state index in [9.17, 15) is 29.4 Å².